The van der Waals surface area contributed by atoms with E-state index in [1.807, 2.05) is 6.92 Å². The van der Waals surface area contributed by atoms with Crippen molar-refractivity contribution >= 4 is 19.7 Å². The summed E-state index contributed by atoms with van der Waals surface area (Å²) in [6.07, 6.45) is 0. The molecule has 0 amide bonds. The maximum Gasteiger partial charge on any atom is 0.265 e. The van der Waals surface area contributed by atoms with Gasteiger partial charge in [0.25, 0.3) is 9.05 Å². The highest BCUT2D eigenvalue weighted by Gasteiger charge is 2.23. The maximum atomic E-state index is 11.4. The first-order chi connectivity index (χ1) is 7.32. The van der Waals surface area contributed by atoms with Crippen molar-refractivity contribution in [2.75, 3.05) is 14.2 Å². The van der Waals surface area contributed by atoms with Gasteiger partial charge in [-0.1, -0.05) is 0 Å². The van der Waals surface area contributed by atoms with E-state index in [2.05, 4.69) is 0 Å². The van der Waals surface area contributed by atoms with E-state index in [9.17, 15) is 8.42 Å². The van der Waals surface area contributed by atoms with Crippen molar-refractivity contribution in [2.45, 2.75) is 18.7 Å². The maximum absolute atomic E-state index is 11.4. The molecule has 1 aromatic rings. The topological polar surface area (TPSA) is 52.6 Å². The predicted molar refractivity (Wildman–Crippen MR) is 62.1 cm³/mol. The Morgan fingerprint density at radius 1 is 1.12 bits per heavy atom. The lowest BCUT2D eigenvalue weighted by Crippen LogP contribution is -2.02. The van der Waals surface area contributed by atoms with Gasteiger partial charge in [-0.25, -0.2) is 8.42 Å². The molecule has 0 bridgehead atoms. The van der Waals surface area contributed by atoms with Crippen LogP contribution in [0.4, 0.5) is 0 Å². The predicted octanol–water partition coefficient (Wildman–Crippen LogP) is 2.25. The molecule has 0 aromatic heterocycles. The molecule has 16 heavy (non-hydrogen) atoms. The van der Waals surface area contributed by atoms with Gasteiger partial charge in [0, 0.05) is 10.7 Å². The van der Waals surface area contributed by atoms with Gasteiger partial charge in [0.2, 0.25) is 0 Å². The summed E-state index contributed by atoms with van der Waals surface area (Å²) in [5, 5.41) is 0. The standard InChI is InChI=1S/C10H13ClO4S/c1-6-5-8(16(11,12)13)10(15-4)9(14-3)7(6)2/h5H,1-4H3. The first-order valence-corrected chi connectivity index (χ1v) is 6.80. The number of rotatable bonds is 3. The van der Waals surface area contributed by atoms with E-state index < -0.39 is 9.05 Å². The molecule has 0 N–H and O–H groups in total. The highest BCUT2D eigenvalue weighted by Crippen LogP contribution is 2.40. The van der Waals surface area contributed by atoms with Crippen LogP contribution in [0.1, 0.15) is 11.1 Å². The van der Waals surface area contributed by atoms with Crippen molar-refractivity contribution in [3.63, 3.8) is 0 Å². The molecular formula is C10H13ClO4S. The fraction of sp³-hybridized carbons (Fsp3) is 0.400. The Balaban J connectivity index is 3.70. The molecule has 0 radical (unpaired) electrons. The zero-order valence-electron chi connectivity index (χ0n) is 9.50. The third kappa shape index (κ3) is 2.25. The van der Waals surface area contributed by atoms with Crippen LogP contribution >= 0.6 is 10.7 Å². The Labute approximate surface area is 99.6 Å². The van der Waals surface area contributed by atoms with Crippen LogP contribution in [0.25, 0.3) is 0 Å². The van der Waals surface area contributed by atoms with Crippen molar-refractivity contribution in [3.05, 3.63) is 17.2 Å². The van der Waals surface area contributed by atoms with E-state index in [1.54, 1.807) is 6.92 Å². The van der Waals surface area contributed by atoms with Crippen molar-refractivity contribution in [2.24, 2.45) is 0 Å². The second-order valence-electron chi connectivity index (χ2n) is 3.32. The number of ether oxygens (including phenoxy) is 2. The Hall–Kier alpha value is -0.940. The van der Waals surface area contributed by atoms with E-state index in [-0.39, 0.29) is 10.6 Å². The smallest absolute Gasteiger partial charge is 0.265 e. The summed E-state index contributed by atoms with van der Waals surface area (Å²) >= 11 is 0. The summed E-state index contributed by atoms with van der Waals surface area (Å²) in [6.45, 7) is 3.60. The number of hydrogen-bond acceptors (Lipinski definition) is 4. The molecule has 0 saturated carbocycles. The molecule has 1 rings (SSSR count). The monoisotopic (exact) mass is 264 g/mol. The second kappa shape index (κ2) is 4.51. The normalized spacial score (nSPS) is 11.3. The SMILES string of the molecule is COc1c(S(=O)(=O)Cl)cc(C)c(C)c1OC. The fourth-order valence-electron chi connectivity index (χ4n) is 1.45. The minimum absolute atomic E-state index is 0.0726. The first kappa shape index (κ1) is 13.1. The fourth-order valence-corrected chi connectivity index (χ4v) is 2.51. The average Bonchev–Trinajstić information content (AvgIpc) is 2.19. The molecule has 0 aliphatic carbocycles. The molecule has 0 spiro atoms. The zero-order valence-corrected chi connectivity index (χ0v) is 11.1. The largest absolute Gasteiger partial charge is 0.493 e. The van der Waals surface area contributed by atoms with Crippen LogP contribution in [0.5, 0.6) is 11.5 Å². The van der Waals surface area contributed by atoms with Gasteiger partial charge in [0.1, 0.15) is 4.90 Å². The van der Waals surface area contributed by atoms with Crippen molar-refractivity contribution < 1.29 is 17.9 Å². The quantitative estimate of drug-likeness (QED) is 0.786. The molecular weight excluding hydrogens is 252 g/mol. The molecule has 90 valence electrons. The van der Waals surface area contributed by atoms with Crippen LogP contribution in [0.3, 0.4) is 0 Å². The summed E-state index contributed by atoms with van der Waals surface area (Å²) < 4.78 is 32.9. The molecule has 0 heterocycles. The Morgan fingerprint density at radius 3 is 2.00 bits per heavy atom. The van der Waals surface area contributed by atoms with Gasteiger partial charge in [-0.2, -0.15) is 0 Å². The van der Waals surface area contributed by atoms with Gasteiger partial charge >= 0.3 is 0 Å². The number of benzene rings is 1. The molecule has 0 unspecified atom stereocenters. The Morgan fingerprint density at radius 2 is 1.62 bits per heavy atom. The molecule has 4 nitrogen and oxygen atoms in total. The minimum atomic E-state index is -3.85. The number of aryl methyl sites for hydroxylation is 1. The second-order valence-corrected chi connectivity index (χ2v) is 5.86. The number of halogens is 1. The summed E-state index contributed by atoms with van der Waals surface area (Å²) in [4.78, 5) is -0.0726. The lowest BCUT2D eigenvalue weighted by atomic mass is 10.1. The molecule has 0 aliphatic rings. The van der Waals surface area contributed by atoms with Gasteiger partial charge in [-0.15, -0.1) is 0 Å². The Bertz CT molecular complexity index is 508. The van der Waals surface area contributed by atoms with Crippen LogP contribution in [0, 0.1) is 13.8 Å². The lowest BCUT2D eigenvalue weighted by molar-refractivity contribution is 0.344. The van der Waals surface area contributed by atoms with Gasteiger partial charge < -0.3 is 9.47 Å². The van der Waals surface area contributed by atoms with Gasteiger partial charge in [0.15, 0.2) is 11.5 Å². The van der Waals surface area contributed by atoms with Gasteiger partial charge in [-0.3, -0.25) is 0 Å². The van der Waals surface area contributed by atoms with E-state index in [4.69, 9.17) is 20.2 Å². The van der Waals surface area contributed by atoms with Gasteiger partial charge in [-0.05, 0) is 31.0 Å². The van der Waals surface area contributed by atoms with E-state index in [1.165, 1.54) is 20.3 Å². The van der Waals surface area contributed by atoms with E-state index in [0.717, 1.165) is 11.1 Å². The molecule has 0 saturated heterocycles. The number of hydrogen-bond donors (Lipinski definition) is 0. The van der Waals surface area contributed by atoms with Crippen molar-refractivity contribution in [1.29, 1.82) is 0 Å². The van der Waals surface area contributed by atoms with Gasteiger partial charge in [0.05, 0.1) is 14.2 Å². The molecule has 0 aliphatic heterocycles. The average molecular weight is 265 g/mol. The molecule has 6 heteroatoms. The van der Waals surface area contributed by atoms with Crippen LogP contribution in [-0.2, 0) is 9.05 Å². The van der Waals surface area contributed by atoms with Crippen LogP contribution in [-0.4, -0.2) is 22.6 Å². The van der Waals surface area contributed by atoms with Crippen molar-refractivity contribution in [3.8, 4) is 11.5 Å². The van der Waals surface area contributed by atoms with Crippen LogP contribution in [0.15, 0.2) is 11.0 Å². The molecule has 0 atom stereocenters. The van der Waals surface area contributed by atoms with Crippen LogP contribution in [0.2, 0.25) is 0 Å². The molecule has 1 aromatic carbocycles. The number of methoxy groups -OCH3 is 2. The summed E-state index contributed by atoms with van der Waals surface area (Å²) in [7, 11) is 4.31. The minimum Gasteiger partial charge on any atom is -0.493 e. The summed E-state index contributed by atoms with van der Waals surface area (Å²) in [5.41, 5.74) is 1.60. The summed E-state index contributed by atoms with van der Waals surface area (Å²) in [5.74, 6) is 0.530. The third-order valence-corrected chi connectivity index (χ3v) is 3.71. The van der Waals surface area contributed by atoms with Crippen molar-refractivity contribution in [1.82, 2.24) is 0 Å². The van der Waals surface area contributed by atoms with E-state index in [0.29, 0.717) is 5.75 Å². The molecule has 0 fully saturated rings. The highest BCUT2D eigenvalue weighted by molar-refractivity contribution is 8.13. The van der Waals surface area contributed by atoms with E-state index >= 15 is 0 Å². The zero-order chi connectivity index (χ0) is 12.5. The first-order valence-electron chi connectivity index (χ1n) is 4.49. The third-order valence-electron chi connectivity index (χ3n) is 2.38. The Kier molecular flexibility index (Phi) is 3.70. The lowest BCUT2D eigenvalue weighted by Gasteiger charge is -2.15. The summed E-state index contributed by atoms with van der Waals surface area (Å²) in [6, 6.07) is 1.47. The van der Waals surface area contributed by atoms with Crippen LogP contribution < -0.4 is 9.47 Å². The highest BCUT2D eigenvalue weighted by atomic mass is 35.7.